The van der Waals surface area contributed by atoms with Crippen molar-refractivity contribution in [3.05, 3.63) is 16.6 Å². The Labute approximate surface area is 104 Å². The molecular weight excluding hydrogens is 240 g/mol. The van der Waals surface area contributed by atoms with E-state index < -0.39 is 0 Å². The van der Waals surface area contributed by atoms with Gasteiger partial charge in [-0.05, 0) is 0 Å². The molecule has 1 aliphatic rings. The number of methoxy groups -OCH3 is 1. The van der Waals surface area contributed by atoms with Crippen molar-refractivity contribution in [3.63, 3.8) is 0 Å². The molecule has 5 nitrogen and oxygen atoms in total. The van der Waals surface area contributed by atoms with Crippen molar-refractivity contribution in [1.82, 2.24) is 9.88 Å². The summed E-state index contributed by atoms with van der Waals surface area (Å²) in [5.41, 5.74) is 2.91. The van der Waals surface area contributed by atoms with Crippen molar-refractivity contribution < 1.29 is 14.3 Å². The van der Waals surface area contributed by atoms with Crippen LogP contribution in [0, 0.1) is 0 Å². The molecule has 0 N–H and O–H groups in total. The van der Waals surface area contributed by atoms with E-state index in [1.807, 2.05) is 10.9 Å². The van der Waals surface area contributed by atoms with Crippen LogP contribution in [0.4, 0.5) is 0 Å². The Hall–Kier alpha value is -0.980. The SMILES string of the molecule is COC(=O)C[C@H]1CN(Cc2cscn2)CCO1. The van der Waals surface area contributed by atoms with Crippen LogP contribution in [0.5, 0.6) is 0 Å². The van der Waals surface area contributed by atoms with Crippen LogP contribution in [0.2, 0.25) is 0 Å². The number of hydrogen-bond donors (Lipinski definition) is 0. The standard InChI is InChI=1S/C11H16N2O3S/c1-15-11(14)4-10-6-13(2-3-16-10)5-9-7-17-8-12-9/h7-8,10H,2-6H2,1H3/t10-/m0/s1. The average molecular weight is 256 g/mol. The molecule has 0 radical (unpaired) electrons. The van der Waals surface area contributed by atoms with Crippen molar-refractivity contribution >= 4 is 17.3 Å². The quantitative estimate of drug-likeness (QED) is 0.749. The molecule has 6 heteroatoms. The molecule has 1 saturated heterocycles. The third-order valence-electron chi connectivity index (χ3n) is 2.71. The molecule has 1 atom stereocenters. The first-order valence-corrected chi connectivity index (χ1v) is 6.50. The van der Waals surface area contributed by atoms with Gasteiger partial charge in [-0.25, -0.2) is 4.98 Å². The Balaban J connectivity index is 1.82. The summed E-state index contributed by atoms with van der Waals surface area (Å²) in [4.78, 5) is 17.7. The zero-order chi connectivity index (χ0) is 12.1. The summed E-state index contributed by atoms with van der Waals surface area (Å²) < 4.78 is 10.2. The molecule has 1 fully saturated rings. The minimum absolute atomic E-state index is 0.0603. The minimum atomic E-state index is -0.217. The summed E-state index contributed by atoms with van der Waals surface area (Å²) in [7, 11) is 1.40. The summed E-state index contributed by atoms with van der Waals surface area (Å²) in [6.07, 6.45) is 0.263. The predicted molar refractivity (Wildman–Crippen MR) is 63.8 cm³/mol. The van der Waals surface area contributed by atoms with Crippen molar-refractivity contribution in [2.45, 2.75) is 19.1 Å². The van der Waals surface area contributed by atoms with Crippen molar-refractivity contribution in [1.29, 1.82) is 0 Å². The van der Waals surface area contributed by atoms with E-state index in [9.17, 15) is 4.79 Å². The largest absolute Gasteiger partial charge is 0.469 e. The number of nitrogens with zero attached hydrogens (tertiary/aromatic N) is 2. The fourth-order valence-corrected chi connectivity index (χ4v) is 2.41. The summed E-state index contributed by atoms with van der Waals surface area (Å²) in [6, 6.07) is 0. The number of hydrogen-bond acceptors (Lipinski definition) is 6. The molecule has 0 saturated carbocycles. The maximum Gasteiger partial charge on any atom is 0.308 e. The van der Waals surface area contributed by atoms with Gasteiger partial charge in [-0.3, -0.25) is 9.69 Å². The second kappa shape index (κ2) is 6.09. The molecule has 0 bridgehead atoms. The van der Waals surface area contributed by atoms with Gasteiger partial charge < -0.3 is 9.47 Å². The fourth-order valence-electron chi connectivity index (χ4n) is 1.86. The lowest BCUT2D eigenvalue weighted by Crippen LogP contribution is -2.42. The molecule has 1 aliphatic heterocycles. The summed E-state index contributed by atoms with van der Waals surface area (Å²) in [6.45, 7) is 3.12. The van der Waals surface area contributed by atoms with E-state index in [0.29, 0.717) is 13.0 Å². The zero-order valence-electron chi connectivity index (χ0n) is 9.80. The Morgan fingerprint density at radius 1 is 1.76 bits per heavy atom. The van der Waals surface area contributed by atoms with E-state index in [-0.39, 0.29) is 12.1 Å². The highest BCUT2D eigenvalue weighted by Gasteiger charge is 2.23. The van der Waals surface area contributed by atoms with Gasteiger partial charge in [0.15, 0.2) is 0 Å². The Morgan fingerprint density at radius 3 is 3.35 bits per heavy atom. The second-order valence-corrected chi connectivity index (χ2v) is 4.71. The minimum Gasteiger partial charge on any atom is -0.469 e. The number of thiazole rings is 1. The Morgan fingerprint density at radius 2 is 2.65 bits per heavy atom. The first-order chi connectivity index (χ1) is 8.28. The normalized spacial score (nSPS) is 21.4. The average Bonchev–Trinajstić information content (AvgIpc) is 2.82. The van der Waals surface area contributed by atoms with E-state index in [0.717, 1.165) is 25.3 Å². The molecule has 0 amide bonds. The van der Waals surface area contributed by atoms with Gasteiger partial charge in [0.25, 0.3) is 0 Å². The molecule has 0 aromatic carbocycles. The lowest BCUT2D eigenvalue weighted by molar-refractivity contribution is -0.145. The van der Waals surface area contributed by atoms with Gasteiger partial charge in [0.1, 0.15) is 0 Å². The molecule has 1 aromatic rings. The number of carbonyl (C=O) groups excluding carboxylic acids is 1. The van der Waals surface area contributed by atoms with E-state index in [1.165, 1.54) is 7.11 Å². The van der Waals surface area contributed by atoms with E-state index >= 15 is 0 Å². The highest BCUT2D eigenvalue weighted by Crippen LogP contribution is 2.13. The number of ether oxygens (including phenoxy) is 2. The van der Waals surface area contributed by atoms with Crippen LogP contribution in [0.1, 0.15) is 12.1 Å². The maximum absolute atomic E-state index is 11.2. The third kappa shape index (κ3) is 3.76. The fraction of sp³-hybridized carbons (Fsp3) is 0.636. The highest BCUT2D eigenvalue weighted by molar-refractivity contribution is 7.07. The first-order valence-electron chi connectivity index (χ1n) is 5.56. The van der Waals surface area contributed by atoms with Gasteiger partial charge in [-0.15, -0.1) is 11.3 Å². The van der Waals surface area contributed by atoms with Gasteiger partial charge >= 0.3 is 5.97 Å². The molecule has 0 aliphatic carbocycles. The maximum atomic E-state index is 11.2. The first kappa shape index (κ1) is 12.5. The highest BCUT2D eigenvalue weighted by atomic mass is 32.1. The molecule has 0 unspecified atom stereocenters. The molecular formula is C11H16N2O3S. The van der Waals surface area contributed by atoms with Gasteiger partial charge in [-0.2, -0.15) is 0 Å². The van der Waals surface area contributed by atoms with E-state index in [2.05, 4.69) is 14.6 Å². The topological polar surface area (TPSA) is 51.7 Å². The van der Waals surface area contributed by atoms with Crippen LogP contribution in [0.25, 0.3) is 0 Å². The lowest BCUT2D eigenvalue weighted by Gasteiger charge is -2.31. The van der Waals surface area contributed by atoms with Crippen molar-refractivity contribution in [2.24, 2.45) is 0 Å². The molecule has 0 spiro atoms. The lowest BCUT2D eigenvalue weighted by atomic mass is 10.2. The number of esters is 1. The predicted octanol–water partition coefficient (Wildman–Crippen LogP) is 0.907. The molecule has 2 rings (SSSR count). The third-order valence-corrected chi connectivity index (χ3v) is 3.35. The van der Waals surface area contributed by atoms with Crippen LogP contribution in [0.15, 0.2) is 10.9 Å². The van der Waals surface area contributed by atoms with Gasteiger partial charge in [0.2, 0.25) is 0 Å². The van der Waals surface area contributed by atoms with Crippen molar-refractivity contribution in [3.8, 4) is 0 Å². The number of morpholine rings is 1. The van der Waals surface area contributed by atoms with Crippen LogP contribution in [-0.2, 0) is 20.8 Å². The van der Waals surface area contributed by atoms with E-state index in [4.69, 9.17) is 4.74 Å². The van der Waals surface area contributed by atoms with Gasteiger partial charge in [0.05, 0.1) is 37.4 Å². The molecule has 17 heavy (non-hydrogen) atoms. The van der Waals surface area contributed by atoms with Gasteiger partial charge in [-0.1, -0.05) is 0 Å². The zero-order valence-corrected chi connectivity index (χ0v) is 10.6. The summed E-state index contributed by atoms with van der Waals surface area (Å²) in [5.74, 6) is -0.217. The number of carbonyl (C=O) groups is 1. The Kier molecular flexibility index (Phi) is 4.47. The number of aromatic nitrogens is 1. The summed E-state index contributed by atoms with van der Waals surface area (Å²) in [5, 5.41) is 2.05. The number of rotatable bonds is 4. The molecule has 1 aromatic heterocycles. The monoisotopic (exact) mass is 256 g/mol. The Bertz CT molecular complexity index is 356. The van der Waals surface area contributed by atoms with Gasteiger partial charge in [0, 0.05) is 25.0 Å². The second-order valence-electron chi connectivity index (χ2n) is 3.99. The summed E-state index contributed by atoms with van der Waals surface area (Å²) >= 11 is 1.60. The van der Waals surface area contributed by atoms with Crippen LogP contribution < -0.4 is 0 Å². The molecule has 2 heterocycles. The van der Waals surface area contributed by atoms with Crippen LogP contribution in [-0.4, -0.2) is 48.8 Å². The van der Waals surface area contributed by atoms with Crippen LogP contribution >= 0.6 is 11.3 Å². The molecule has 94 valence electrons. The van der Waals surface area contributed by atoms with Crippen LogP contribution in [0.3, 0.4) is 0 Å². The van der Waals surface area contributed by atoms with E-state index in [1.54, 1.807) is 11.3 Å². The van der Waals surface area contributed by atoms with Crippen molar-refractivity contribution in [2.75, 3.05) is 26.8 Å². The smallest absolute Gasteiger partial charge is 0.308 e.